The number of nitrogens with zero attached hydrogens (tertiary/aromatic N) is 4. The van der Waals surface area contributed by atoms with Crippen LogP contribution in [0.25, 0.3) is 11.4 Å². The highest BCUT2D eigenvalue weighted by Crippen LogP contribution is 2.18. The molecule has 0 aliphatic rings. The number of hydrogen-bond donors (Lipinski definition) is 1. The SMILES string of the molecule is CCc1ccc(-c2nnn(CC(=O)NC(C)c3cccs3)n2)cc1. The first-order valence-electron chi connectivity index (χ1n) is 7.85. The van der Waals surface area contributed by atoms with Crippen LogP contribution in [-0.2, 0) is 17.8 Å². The highest BCUT2D eigenvalue weighted by Gasteiger charge is 2.13. The highest BCUT2D eigenvalue weighted by atomic mass is 32.1. The molecule has 3 aromatic rings. The standard InChI is InChI=1S/C17H19N5OS/c1-3-13-6-8-14(9-7-13)17-19-21-22(20-17)11-16(23)18-12(2)15-5-4-10-24-15/h4-10,12H,3,11H2,1-2H3,(H,18,23). The molecule has 2 heterocycles. The van der Waals surface area contributed by atoms with E-state index in [2.05, 4.69) is 27.7 Å². The molecule has 7 heteroatoms. The zero-order chi connectivity index (χ0) is 16.9. The lowest BCUT2D eigenvalue weighted by atomic mass is 10.1. The Kier molecular flexibility index (Phi) is 5.00. The minimum atomic E-state index is -0.138. The maximum atomic E-state index is 12.1. The van der Waals surface area contributed by atoms with Gasteiger partial charge in [-0.2, -0.15) is 4.80 Å². The molecule has 0 saturated carbocycles. The molecule has 1 unspecified atom stereocenters. The van der Waals surface area contributed by atoms with Crippen molar-refractivity contribution in [3.8, 4) is 11.4 Å². The summed E-state index contributed by atoms with van der Waals surface area (Å²) in [6, 6.07) is 12.0. The number of thiophene rings is 1. The number of rotatable bonds is 6. The number of nitrogens with one attached hydrogen (secondary N) is 1. The lowest BCUT2D eigenvalue weighted by molar-refractivity contribution is -0.122. The van der Waals surface area contributed by atoms with Crippen molar-refractivity contribution < 1.29 is 4.79 Å². The van der Waals surface area contributed by atoms with Gasteiger partial charge in [-0.1, -0.05) is 37.3 Å². The molecule has 24 heavy (non-hydrogen) atoms. The van der Waals surface area contributed by atoms with Gasteiger partial charge in [0.1, 0.15) is 6.54 Å². The molecule has 0 saturated heterocycles. The van der Waals surface area contributed by atoms with Crippen LogP contribution in [0, 0.1) is 0 Å². The summed E-state index contributed by atoms with van der Waals surface area (Å²) in [6.45, 7) is 4.12. The van der Waals surface area contributed by atoms with Crippen molar-refractivity contribution in [2.45, 2.75) is 32.9 Å². The molecule has 0 radical (unpaired) electrons. The van der Waals surface area contributed by atoms with E-state index in [0.717, 1.165) is 16.9 Å². The van der Waals surface area contributed by atoms with Crippen molar-refractivity contribution in [1.82, 2.24) is 25.5 Å². The van der Waals surface area contributed by atoms with Crippen LogP contribution in [0.4, 0.5) is 0 Å². The molecule has 2 aromatic heterocycles. The monoisotopic (exact) mass is 341 g/mol. The molecule has 1 amide bonds. The number of tetrazole rings is 1. The Morgan fingerprint density at radius 1 is 1.29 bits per heavy atom. The Hall–Kier alpha value is -2.54. The van der Waals surface area contributed by atoms with Crippen LogP contribution in [0.3, 0.4) is 0 Å². The third-order valence-corrected chi connectivity index (χ3v) is 4.76. The summed E-state index contributed by atoms with van der Waals surface area (Å²) >= 11 is 1.62. The molecule has 0 bridgehead atoms. The third kappa shape index (κ3) is 3.86. The minimum absolute atomic E-state index is 0.0259. The average Bonchev–Trinajstić information content (AvgIpc) is 3.26. The maximum absolute atomic E-state index is 12.1. The van der Waals surface area contributed by atoms with E-state index in [9.17, 15) is 4.79 Å². The fourth-order valence-corrected chi connectivity index (χ4v) is 3.07. The topological polar surface area (TPSA) is 72.7 Å². The zero-order valence-corrected chi connectivity index (χ0v) is 14.5. The van der Waals surface area contributed by atoms with Gasteiger partial charge in [-0.25, -0.2) is 0 Å². The Balaban J connectivity index is 1.61. The smallest absolute Gasteiger partial charge is 0.244 e. The number of carbonyl (C=O) groups is 1. The normalized spacial score (nSPS) is 12.1. The van der Waals surface area contributed by atoms with E-state index in [4.69, 9.17) is 0 Å². The molecule has 0 spiro atoms. The average molecular weight is 341 g/mol. The van der Waals surface area contributed by atoms with Crippen molar-refractivity contribution in [2.24, 2.45) is 0 Å². The van der Waals surface area contributed by atoms with Crippen molar-refractivity contribution in [3.63, 3.8) is 0 Å². The van der Waals surface area contributed by atoms with Gasteiger partial charge in [0, 0.05) is 10.4 Å². The first-order chi connectivity index (χ1) is 11.7. The summed E-state index contributed by atoms with van der Waals surface area (Å²) in [5, 5.41) is 17.2. The van der Waals surface area contributed by atoms with Gasteiger partial charge in [-0.05, 0) is 35.6 Å². The van der Waals surface area contributed by atoms with E-state index in [-0.39, 0.29) is 18.5 Å². The second-order valence-electron chi connectivity index (χ2n) is 5.50. The van der Waals surface area contributed by atoms with E-state index >= 15 is 0 Å². The molecule has 1 aromatic carbocycles. The Bertz CT molecular complexity index is 795. The van der Waals surface area contributed by atoms with Gasteiger partial charge < -0.3 is 5.32 Å². The van der Waals surface area contributed by atoms with Crippen LogP contribution < -0.4 is 5.32 Å². The molecule has 6 nitrogen and oxygen atoms in total. The summed E-state index contributed by atoms with van der Waals surface area (Å²) in [5.41, 5.74) is 2.15. The van der Waals surface area contributed by atoms with E-state index in [1.807, 2.05) is 48.7 Å². The molecule has 0 fully saturated rings. The summed E-state index contributed by atoms with van der Waals surface area (Å²) in [4.78, 5) is 14.5. The van der Waals surface area contributed by atoms with E-state index in [1.165, 1.54) is 10.4 Å². The van der Waals surface area contributed by atoms with Crippen molar-refractivity contribution in [2.75, 3.05) is 0 Å². The Labute approximate surface area is 144 Å². The fraction of sp³-hybridized carbons (Fsp3) is 0.294. The number of benzene rings is 1. The van der Waals surface area contributed by atoms with Crippen molar-refractivity contribution in [1.29, 1.82) is 0 Å². The van der Waals surface area contributed by atoms with Crippen LogP contribution >= 0.6 is 11.3 Å². The van der Waals surface area contributed by atoms with E-state index in [0.29, 0.717) is 5.82 Å². The molecule has 1 atom stereocenters. The van der Waals surface area contributed by atoms with Crippen LogP contribution in [-0.4, -0.2) is 26.1 Å². The number of aromatic nitrogens is 4. The predicted octanol–water partition coefficient (Wildman–Crippen LogP) is 2.84. The van der Waals surface area contributed by atoms with Crippen molar-refractivity contribution >= 4 is 17.2 Å². The molecular formula is C17H19N5OS. The Morgan fingerprint density at radius 2 is 2.08 bits per heavy atom. The van der Waals surface area contributed by atoms with Crippen LogP contribution in [0.2, 0.25) is 0 Å². The largest absolute Gasteiger partial charge is 0.347 e. The highest BCUT2D eigenvalue weighted by molar-refractivity contribution is 7.10. The van der Waals surface area contributed by atoms with Crippen LogP contribution in [0.5, 0.6) is 0 Å². The molecule has 0 aliphatic heterocycles. The third-order valence-electron chi connectivity index (χ3n) is 3.71. The zero-order valence-electron chi connectivity index (χ0n) is 13.6. The molecule has 1 N–H and O–H groups in total. The second kappa shape index (κ2) is 7.35. The summed E-state index contributed by atoms with van der Waals surface area (Å²) in [5.74, 6) is 0.387. The van der Waals surface area contributed by atoms with E-state index in [1.54, 1.807) is 11.3 Å². The molecule has 3 rings (SSSR count). The van der Waals surface area contributed by atoms with Crippen LogP contribution in [0.15, 0.2) is 41.8 Å². The number of amides is 1. The van der Waals surface area contributed by atoms with Gasteiger partial charge in [-0.3, -0.25) is 4.79 Å². The van der Waals surface area contributed by atoms with Gasteiger partial charge in [0.05, 0.1) is 6.04 Å². The molecule has 124 valence electrons. The van der Waals surface area contributed by atoms with E-state index < -0.39 is 0 Å². The molecular weight excluding hydrogens is 322 g/mol. The maximum Gasteiger partial charge on any atom is 0.244 e. The van der Waals surface area contributed by atoms with Gasteiger partial charge in [0.15, 0.2) is 0 Å². The minimum Gasteiger partial charge on any atom is -0.347 e. The van der Waals surface area contributed by atoms with Gasteiger partial charge >= 0.3 is 0 Å². The summed E-state index contributed by atoms with van der Waals surface area (Å²) in [7, 11) is 0. The Morgan fingerprint density at radius 3 is 2.75 bits per heavy atom. The summed E-state index contributed by atoms with van der Waals surface area (Å²) in [6.07, 6.45) is 0.989. The first kappa shape index (κ1) is 16.3. The molecule has 0 aliphatic carbocycles. The number of aryl methyl sites for hydroxylation is 1. The number of hydrogen-bond acceptors (Lipinski definition) is 5. The van der Waals surface area contributed by atoms with Gasteiger partial charge in [-0.15, -0.1) is 21.5 Å². The van der Waals surface area contributed by atoms with Gasteiger partial charge in [0.2, 0.25) is 11.7 Å². The summed E-state index contributed by atoms with van der Waals surface area (Å²) < 4.78 is 0. The second-order valence-corrected chi connectivity index (χ2v) is 6.48. The van der Waals surface area contributed by atoms with Crippen molar-refractivity contribution in [3.05, 3.63) is 52.2 Å². The van der Waals surface area contributed by atoms with Gasteiger partial charge in [0.25, 0.3) is 0 Å². The first-order valence-corrected chi connectivity index (χ1v) is 8.73. The lowest BCUT2D eigenvalue weighted by Gasteiger charge is -2.11. The van der Waals surface area contributed by atoms with Crippen LogP contribution in [0.1, 0.15) is 30.3 Å². The fourth-order valence-electron chi connectivity index (χ4n) is 2.34. The number of carbonyl (C=O) groups excluding carboxylic acids is 1. The quantitative estimate of drug-likeness (QED) is 0.748. The lowest BCUT2D eigenvalue weighted by Crippen LogP contribution is -2.30. The predicted molar refractivity (Wildman–Crippen MR) is 93.5 cm³/mol.